The molecule has 0 saturated carbocycles. The van der Waals surface area contributed by atoms with Gasteiger partial charge in [0.2, 0.25) is 0 Å². The van der Waals surface area contributed by atoms with Gasteiger partial charge in [-0.15, -0.1) is 0 Å². The van der Waals surface area contributed by atoms with Crippen LogP contribution in [0.4, 0.5) is 4.79 Å². The van der Waals surface area contributed by atoms with E-state index in [1.165, 1.54) is 7.11 Å². The quantitative estimate of drug-likeness (QED) is 0.459. The lowest BCUT2D eigenvalue weighted by atomic mass is 10.0. The highest BCUT2D eigenvalue weighted by atomic mass is 127. The first-order chi connectivity index (χ1) is 6.74. The molecule has 0 saturated heterocycles. The second-order valence-corrected chi connectivity index (χ2v) is 4.98. The Balaban J connectivity index is 2.47. The van der Waals surface area contributed by atoms with Crippen molar-refractivity contribution in [1.82, 2.24) is 5.32 Å². The Kier molecular flexibility index (Phi) is 5.29. The van der Waals surface area contributed by atoms with E-state index < -0.39 is 0 Å². The normalized spacial score (nSPS) is 29.9. The van der Waals surface area contributed by atoms with Crippen molar-refractivity contribution < 1.29 is 9.53 Å². The summed E-state index contributed by atoms with van der Waals surface area (Å²) >= 11 is 2.41. The third-order valence-electron chi connectivity index (χ3n) is 2.35. The summed E-state index contributed by atoms with van der Waals surface area (Å²) in [4.78, 5) is 11.1. The predicted octanol–water partition coefficient (Wildman–Crippen LogP) is 2.64. The molecule has 1 unspecified atom stereocenters. The Morgan fingerprint density at radius 3 is 2.71 bits per heavy atom. The summed E-state index contributed by atoms with van der Waals surface area (Å²) in [5, 5.41) is 2.88. The van der Waals surface area contributed by atoms with Crippen LogP contribution in [-0.4, -0.2) is 23.2 Å². The van der Waals surface area contributed by atoms with E-state index in [4.69, 9.17) is 0 Å². The number of methoxy groups -OCH3 is 1. The molecule has 0 aromatic carbocycles. The lowest BCUT2D eigenvalue weighted by Gasteiger charge is -2.23. The maximum absolute atomic E-state index is 11.1. The van der Waals surface area contributed by atoms with Gasteiger partial charge in [0.05, 0.1) is 7.11 Å². The minimum atomic E-state index is -0.318. The highest BCUT2D eigenvalue weighted by Crippen LogP contribution is 2.20. The molecule has 1 aliphatic rings. The van der Waals surface area contributed by atoms with E-state index in [9.17, 15) is 4.79 Å². The van der Waals surface area contributed by atoms with E-state index in [0.29, 0.717) is 3.92 Å². The molecule has 4 heteroatoms. The molecule has 80 valence electrons. The van der Waals surface area contributed by atoms with Crippen LogP contribution >= 0.6 is 22.6 Å². The highest BCUT2D eigenvalue weighted by molar-refractivity contribution is 14.1. The SMILES string of the molecule is COC(=O)N[C@@H]1CC/C=C/CCC1I. The number of carbonyl (C=O) groups excluding carboxylic acids is 1. The van der Waals surface area contributed by atoms with Crippen LogP contribution in [0.5, 0.6) is 0 Å². The fraction of sp³-hybridized carbons (Fsp3) is 0.700. The molecule has 1 rings (SSSR count). The second-order valence-electron chi connectivity index (χ2n) is 3.38. The van der Waals surface area contributed by atoms with Gasteiger partial charge in [0.25, 0.3) is 0 Å². The van der Waals surface area contributed by atoms with Gasteiger partial charge in [-0.1, -0.05) is 34.7 Å². The van der Waals surface area contributed by atoms with Crippen molar-refractivity contribution in [3.63, 3.8) is 0 Å². The Morgan fingerprint density at radius 1 is 1.43 bits per heavy atom. The smallest absolute Gasteiger partial charge is 0.407 e. The third kappa shape index (κ3) is 3.86. The van der Waals surface area contributed by atoms with Crippen LogP contribution in [0.1, 0.15) is 25.7 Å². The van der Waals surface area contributed by atoms with Gasteiger partial charge in [-0.2, -0.15) is 0 Å². The van der Waals surface area contributed by atoms with E-state index in [2.05, 4.69) is 44.8 Å². The summed E-state index contributed by atoms with van der Waals surface area (Å²) < 4.78 is 5.10. The average molecular weight is 309 g/mol. The van der Waals surface area contributed by atoms with Gasteiger partial charge in [-0.25, -0.2) is 4.79 Å². The van der Waals surface area contributed by atoms with Gasteiger partial charge in [0, 0.05) is 9.97 Å². The molecule has 1 N–H and O–H groups in total. The molecule has 0 aromatic rings. The molecule has 0 radical (unpaired) electrons. The minimum absolute atomic E-state index is 0.244. The zero-order valence-electron chi connectivity index (χ0n) is 8.33. The maximum atomic E-state index is 11.1. The Bertz CT molecular complexity index is 218. The number of alkyl halides is 1. The van der Waals surface area contributed by atoms with Crippen LogP contribution in [0.15, 0.2) is 12.2 Å². The lowest BCUT2D eigenvalue weighted by Crippen LogP contribution is -2.41. The average Bonchev–Trinajstić information content (AvgIpc) is 2.17. The van der Waals surface area contributed by atoms with Crippen LogP contribution in [0.3, 0.4) is 0 Å². The van der Waals surface area contributed by atoms with Crippen LogP contribution in [-0.2, 0) is 4.74 Å². The second kappa shape index (κ2) is 6.27. The summed E-state index contributed by atoms with van der Waals surface area (Å²) in [6, 6.07) is 0.244. The molecule has 0 heterocycles. The van der Waals surface area contributed by atoms with Crippen molar-refractivity contribution in [2.24, 2.45) is 0 Å². The van der Waals surface area contributed by atoms with E-state index in [1.54, 1.807) is 0 Å². The van der Waals surface area contributed by atoms with Gasteiger partial charge in [0.1, 0.15) is 0 Å². The van der Waals surface area contributed by atoms with Crippen molar-refractivity contribution in [3.8, 4) is 0 Å². The molecular weight excluding hydrogens is 293 g/mol. The molecule has 2 atom stereocenters. The predicted molar refractivity (Wildman–Crippen MR) is 64.7 cm³/mol. The first-order valence-corrected chi connectivity index (χ1v) is 6.12. The first kappa shape index (κ1) is 11.8. The number of alkyl carbamates (subject to hydrolysis) is 1. The standard InChI is InChI=1S/C10H16INO2/c1-14-10(13)12-9-7-5-3-2-4-6-8(9)11/h2-3,8-9H,4-7H2,1H3,(H,12,13)/b3-2+/t8?,9-/m1/s1. The number of nitrogens with one attached hydrogen (secondary N) is 1. The Morgan fingerprint density at radius 2 is 2.07 bits per heavy atom. The Labute approximate surface area is 98.4 Å². The zero-order valence-corrected chi connectivity index (χ0v) is 10.5. The van der Waals surface area contributed by atoms with Gasteiger partial charge in [-0.3, -0.25) is 0 Å². The van der Waals surface area contributed by atoms with Crippen molar-refractivity contribution >= 4 is 28.7 Å². The van der Waals surface area contributed by atoms with Gasteiger partial charge in [0.15, 0.2) is 0 Å². The summed E-state index contributed by atoms with van der Waals surface area (Å²) in [6.45, 7) is 0. The number of ether oxygens (including phenoxy) is 1. The monoisotopic (exact) mass is 309 g/mol. The van der Waals surface area contributed by atoms with Crippen molar-refractivity contribution in [3.05, 3.63) is 12.2 Å². The number of hydrogen-bond donors (Lipinski definition) is 1. The van der Waals surface area contributed by atoms with Crippen molar-refractivity contribution in [2.45, 2.75) is 35.6 Å². The number of rotatable bonds is 1. The molecule has 0 aliphatic heterocycles. The van der Waals surface area contributed by atoms with Crippen molar-refractivity contribution in [2.75, 3.05) is 7.11 Å². The van der Waals surface area contributed by atoms with Crippen LogP contribution in [0, 0.1) is 0 Å². The van der Waals surface area contributed by atoms with Gasteiger partial charge < -0.3 is 10.1 Å². The summed E-state index contributed by atoms with van der Waals surface area (Å²) in [7, 11) is 1.40. The fourth-order valence-corrected chi connectivity index (χ4v) is 2.42. The summed E-state index contributed by atoms with van der Waals surface area (Å²) in [5.41, 5.74) is 0. The number of amides is 1. The van der Waals surface area contributed by atoms with Gasteiger partial charge in [-0.05, 0) is 25.7 Å². The van der Waals surface area contributed by atoms with Crippen LogP contribution < -0.4 is 5.32 Å². The molecule has 0 fully saturated rings. The maximum Gasteiger partial charge on any atom is 0.407 e. The van der Waals surface area contributed by atoms with Crippen LogP contribution in [0.25, 0.3) is 0 Å². The minimum Gasteiger partial charge on any atom is -0.453 e. The molecule has 14 heavy (non-hydrogen) atoms. The molecule has 0 aromatic heterocycles. The Hall–Kier alpha value is -0.260. The number of allylic oxidation sites excluding steroid dienone is 2. The van der Waals surface area contributed by atoms with E-state index >= 15 is 0 Å². The van der Waals surface area contributed by atoms with E-state index in [1.807, 2.05) is 0 Å². The lowest BCUT2D eigenvalue weighted by molar-refractivity contribution is 0.165. The molecule has 1 aliphatic carbocycles. The molecule has 0 spiro atoms. The highest BCUT2D eigenvalue weighted by Gasteiger charge is 2.20. The number of halogens is 1. The molecule has 0 bridgehead atoms. The first-order valence-electron chi connectivity index (χ1n) is 4.87. The fourth-order valence-electron chi connectivity index (χ4n) is 1.52. The zero-order chi connectivity index (χ0) is 10.4. The van der Waals surface area contributed by atoms with E-state index in [0.717, 1.165) is 25.7 Å². The van der Waals surface area contributed by atoms with Crippen molar-refractivity contribution in [1.29, 1.82) is 0 Å². The molecule has 1 amide bonds. The summed E-state index contributed by atoms with van der Waals surface area (Å²) in [6.07, 6.45) is 8.35. The molecular formula is C10H16INO2. The van der Waals surface area contributed by atoms with Gasteiger partial charge >= 0.3 is 6.09 Å². The number of carbonyl (C=O) groups is 1. The molecule has 3 nitrogen and oxygen atoms in total. The van der Waals surface area contributed by atoms with E-state index in [-0.39, 0.29) is 12.1 Å². The number of hydrogen-bond acceptors (Lipinski definition) is 2. The largest absolute Gasteiger partial charge is 0.453 e. The summed E-state index contributed by atoms with van der Waals surface area (Å²) in [5.74, 6) is 0. The topological polar surface area (TPSA) is 38.3 Å². The third-order valence-corrected chi connectivity index (χ3v) is 3.84. The van der Waals surface area contributed by atoms with Crippen LogP contribution in [0.2, 0.25) is 0 Å².